The van der Waals surface area contributed by atoms with E-state index in [1.165, 1.54) is 4.68 Å². The predicted molar refractivity (Wildman–Crippen MR) is 164 cm³/mol. The van der Waals surface area contributed by atoms with E-state index in [-0.39, 0.29) is 24.0 Å². The Bertz CT molecular complexity index is 1650. The van der Waals surface area contributed by atoms with Crippen molar-refractivity contribution in [1.29, 1.82) is 0 Å². The lowest BCUT2D eigenvalue weighted by Gasteiger charge is -2.26. The van der Waals surface area contributed by atoms with Crippen molar-refractivity contribution in [3.8, 4) is 22.9 Å². The van der Waals surface area contributed by atoms with Crippen LogP contribution in [0.25, 0.3) is 22.3 Å². The number of morpholine rings is 1. The fraction of sp³-hybridized carbons (Fsp3) is 0.333. The number of hydrogen-bond acceptors (Lipinski definition) is 7. The number of benzene rings is 3. The SMILES string of the molecule is CCOc1cc(C)c(-c2nc3ccccc3c(=O)n2N=Cc2ccc(OCC(=O)N3CCOCC3)cc2)cc1C(C)C. The summed E-state index contributed by atoms with van der Waals surface area (Å²) >= 11 is 0. The van der Waals surface area contributed by atoms with Crippen molar-refractivity contribution in [3.63, 3.8) is 0 Å². The van der Waals surface area contributed by atoms with Crippen molar-refractivity contribution >= 4 is 23.0 Å². The molecule has 1 aromatic heterocycles. The zero-order valence-corrected chi connectivity index (χ0v) is 24.5. The molecule has 9 nitrogen and oxygen atoms in total. The summed E-state index contributed by atoms with van der Waals surface area (Å²) in [6, 6.07) is 18.6. The van der Waals surface area contributed by atoms with Crippen LogP contribution in [0.3, 0.4) is 0 Å². The van der Waals surface area contributed by atoms with Gasteiger partial charge in [-0.25, -0.2) is 4.98 Å². The highest BCUT2D eigenvalue weighted by atomic mass is 16.5. The Morgan fingerprint density at radius 1 is 1.07 bits per heavy atom. The number of fused-ring (bicyclic) bond motifs is 1. The van der Waals surface area contributed by atoms with Gasteiger partial charge in [-0.1, -0.05) is 26.0 Å². The van der Waals surface area contributed by atoms with Gasteiger partial charge in [0.2, 0.25) is 0 Å². The molecule has 1 aliphatic heterocycles. The third kappa shape index (κ3) is 6.36. The van der Waals surface area contributed by atoms with E-state index in [0.717, 1.165) is 28.0 Å². The lowest BCUT2D eigenvalue weighted by molar-refractivity contribution is -0.137. The zero-order chi connectivity index (χ0) is 29.6. The monoisotopic (exact) mass is 568 g/mol. The van der Waals surface area contributed by atoms with Crippen molar-refractivity contribution in [1.82, 2.24) is 14.6 Å². The summed E-state index contributed by atoms with van der Waals surface area (Å²) in [5.41, 5.74) is 3.90. The van der Waals surface area contributed by atoms with E-state index in [1.807, 2.05) is 50.2 Å². The van der Waals surface area contributed by atoms with E-state index in [4.69, 9.17) is 19.2 Å². The van der Waals surface area contributed by atoms with Gasteiger partial charge in [0.25, 0.3) is 11.5 Å². The minimum Gasteiger partial charge on any atom is -0.494 e. The lowest BCUT2D eigenvalue weighted by atomic mass is 9.96. The van der Waals surface area contributed by atoms with Crippen LogP contribution in [0, 0.1) is 6.92 Å². The number of rotatable bonds is 9. The summed E-state index contributed by atoms with van der Waals surface area (Å²) < 4.78 is 18.3. The molecule has 0 atom stereocenters. The summed E-state index contributed by atoms with van der Waals surface area (Å²) in [4.78, 5) is 32.7. The number of amides is 1. The molecule has 9 heteroatoms. The molecular formula is C33H36N4O5. The highest BCUT2D eigenvalue weighted by Gasteiger charge is 2.19. The fourth-order valence-corrected chi connectivity index (χ4v) is 4.90. The molecule has 2 heterocycles. The van der Waals surface area contributed by atoms with Crippen LogP contribution < -0.4 is 15.0 Å². The Morgan fingerprint density at radius 2 is 1.81 bits per heavy atom. The topological polar surface area (TPSA) is 95.2 Å². The second kappa shape index (κ2) is 13.0. The summed E-state index contributed by atoms with van der Waals surface area (Å²) in [7, 11) is 0. The second-order valence-electron chi connectivity index (χ2n) is 10.5. The quantitative estimate of drug-likeness (QED) is 0.263. The predicted octanol–water partition coefficient (Wildman–Crippen LogP) is 5.01. The van der Waals surface area contributed by atoms with Crippen LogP contribution in [0.4, 0.5) is 0 Å². The average Bonchev–Trinajstić information content (AvgIpc) is 3.00. The third-order valence-electron chi connectivity index (χ3n) is 7.20. The number of ether oxygens (including phenoxy) is 3. The molecule has 1 saturated heterocycles. The van der Waals surface area contributed by atoms with Gasteiger partial charge in [-0.2, -0.15) is 9.78 Å². The number of aryl methyl sites for hydroxylation is 1. The molecule has 218 valence electrons. The van der Waals surface area contributed by atoms with E-state index in [9.17, 15) is 9.59 Å². The highest BCUT2D eigenvalue weighted by molar-refractivity contribution is 5.83. The molecular weight excluding hydrogens is 532 g/mol. The van der Waals surface area contributed by atoms with Crippen molar-refractivity contribution < 1.29 is 19.0 Å². The number of carbonyl (C=O) groups excluding carboxylic acids is 1. The molecule has 0 aliphatic carbocycles. The molecule has 0 unspecified atom stereocenters. The molecule has 0 N–H and O–H groups in total. The zero-order valence-electron chi connectivity index (χ0n) is 24.5. The Hall–Kier alpha value is -4.50. The highest BCUT2D eigenvalue weighted by Crippen LogP contribution is 2.34. The van der Waals surface area contributed by atoms with Gasteiger partial charge >= 0.3 is 0 Å². The van der Waals surface area contributed by atoms with Crippen LogP contribution in [-0.4, -0.2) is 66.2 Å². The lowest BCUT2D eigenvalue weighted by Crippen LogP contribution is -2.42. The number of carbonyl (C=O) groups is 1. The Morgan fingerprint density at radius 3 is 2.52 bits per heavy atom. The molecule has 0 saturated carbocycles. The first kappa shape index (κ1) is 29.0. The van der Waals surface area contributed by atoms with Gasteiger partial charge in [-0.15, -0.1) is 0 Å². The Labute approximate surface area is 245 Å². The smallest absolute Gasteiger partial charge is 0.282 e. The van der Waals surface area contributed by atoms with Gasteiger partial charge in [-0.3, -0.25) is 9.59 Å². The molecule has 4 aromatic rings. The van der Waals surface area contributed by atoms with E-state index in [2.05, 4.69) is 25.0 Å². The van der Waals surface area contributed by atoms with Gasteiger partial charge in [0, 0.05) is 18.7 Å². The average molecular weight is 569 g/mol. The normalized spacial score (nSPS) is 13.7. The van der Waals surface area contributed by atoms with E-state index in [0.29, 0.717) is 55.4 Å². The van der Waals surface area contributed by atoms with Crippen LogP contribution in [-0.2, 0) is 9.53 Å². The van der Waals surface area contributed by atoms with Gasteiger partial charge in [0.05, 0.1) is 36.9 Å². The minimum atomic E-state index is -0.257. The van der Waals surface area contributed by atoms with Gasteiger partial charge in [0.15, 0.2) is 12.4 Å². The van der Waals surface area contributed by atoms with Gasteiger partial charge in [-0.05, 0) is 85.0 Å². The van der Waals surface area contributed by atoms with Gasteiger partial charge in [0.1, 0.15) is 11.5 Å². The number of para-hydroxylation sites is 1. The van der Waals surface area contributed by atoms with Crippen LogP contribution in [0.15, 0.2) is 70.6 Å². The van der Waals surface area contributed by atoms with E-state index in [1.54, 1.807) is 29.3 Å². The van der Waals surface area contributed by atoms with E-state index >= 15 is 0 Å². The molecule has 3 aromatic carbocycles. The maximum Gasteiger partial charge on any atom is 0.282 e. The van der Waals surface area contributed by atoms with Crippen LogP contribution in [0.5, 0.6) is 11.5 Å². The van der Waals surface area contributed by atoms with Crippen molar-refractivity contribution in [2.45, 2.75) is 33.6 Å². The molecule has 0 bridgehead atoms. The summed E-state index contributed by atoms with van der Waals surface area (Å²) in [5.74, 6) is 2.01. The first-order valence-electron chi connectivity index (χ1n) is 14.3. The van der Waals surface area contributed by atoms with Crippen LogP contribution >= 0.6 is 0 Å². The van der Waals surface area contributed by atoms with Crippen molar-refractivity contribution in [3.05, 3.63) is 87.7 Å². The molecule has 1 amide bonds. The second-order valence-corrected chi connectivity index (χ2v) is 10.5. The van der Waals surface area contributed by atoms with E-state index < -0.39 is 0 Å². The summed E-state index contributed by atoms with van der Waals surface area (Å²) in [6.07, 6.45) is 1.62. The largest absolute Gasteiger partial charge is 0.494 e. The molecule has 42 heavy (non-hydrogen) atoms. The first-order chi connectivity index (χ1) is 20.4. The number of aromatic nitrogens is 2. The maximum absolute atomic E-state index is 13.7. The van der Waals surface area contributed by atoms with Crippen molar-refractivity contribution in [2.75, 3.05) is 39.5 Å². The Balaban J connectivity index is 1.46. The molecule has 0 spiro atoms. The van der Waals surface area contributed by atoms with Crippen LogP contribution in [0.2, 0.25) is 0 Å². The minimum absolute atomic E-state index is 0.0330. The first-order valence-corrected chi connectivity index (χ1v) is 14.3. The molecule has 1 aliphatic rings. The molecule has 0 radical (unpaired) electrons. The summed E-state index contributed by atoms with van der Waals surface area (Å²) in [6.45, 7) is 11.0. The van der Waals surface area contributed by atoms with Gasteiger partial charge < -0.3 is 19.1 Å². The molecule has 1 fully saturated rings. The summed E-state index contributed by atoms with van der Waals surface area (Å²) in [5, 5.41) is 5.10. The Kier molecular flexibility index (Phi) is 8.97. The fourth-order valence-electron chi connectivity index (χ4n) is 4.90. The van der Waals surface area contributed by atoms with Crippen LogP contribution in [0.1, 0.15) is 43.4 Å². The number of hydrogen-bond donors (Lipinski definition) is 0. The number of nitrogens with zero attached hydrogens (tertiary/aromatic N) is 4. The maximum atomic E-state index is 13.7. The third-order valence-corrected chi connectivity index (χ3v) is 7.20. The molecule has 5 rings (SSSR count). The van der Waals surface area contributed by atoms with Crippen molar-refractivity contribution in [2.24, 2.45) is 5.10 Å². The standard InChI is InChI=1S/C33H36N4O5/c1-5-41-30-18-23(4)28(19-27(30)22(2)3)32-35-29-9-7-6-8-26(29)33(39)37(32)34-20-24-10-12-25(13-11-24)42-21-31(38)36-14-16-40-17-15-36/h6-13,18-20,22H,5,14-17,21H2,1-4H3.